The predicted octanol–water partition coefficient (Wildman–Crippen LogP) is 6.51. The molecule has 1 aliphatic heterocycles. The third-order valence-electron chi connectivity index (χ3n) is 6.58. The molecule has 1 aliphatic rings. The second kappa shape index (κ2) is 13.8. The van der Waals surface area contributed by atoms with Crippen LogP contribution in [0.25, 0.3) is 11.4 Å². The number of carboxylic acid groups (broad SMARTS) is 1. The molecule has 2 N–H and O–H groups in total. The van der Waals surface area contributed by atoms with Crippen molar-refractivity contribution in [2.45, 2.75) is 64.1 Å². The highest BCUT2D eigenvalue weighted by molar-refractivity contribution is 5.98. The van der Waals surface area contributed by atoms with E-state index >= 15 is 0 Å². The molecule has 236 valence electrons. The molecule has 44 heavy (non-hydrogen) atoms. The molecule has 0 radical (unpaired) electrons. The molecule has 1 atom stereocenters. The number of nitrogens with zero attached hydrogens (tertiary/aromatic N) is 4. The average Bonchev–Trinajstić information content (AvgIpc) is 3.44. The number of hydrogen-bond donors (Lipinski definition) is 2. The number of piperidine rings is 1. The molecule has 0 saturated carbocycles. The highest BCUT2D eigenvalue weighted by atomic mass is 19.4. The van der Waals surface area contributed by atoms with Crippen molar-refractivity contribution in [2.75, 3.05) is 19.7 Å². The van der Waals surface area contributed by atoms with E-state index in [1.54, 1.807) is 25.7 Å². The average molecular weight is 618 g/mol. The van der Waals surface area contributed by atoms with E-state index in [1.807, 2.05) is 30.3 Å². The maximum Gasteiger partial charge on any atom is 0.434 e. The SMILES string of the molecule is CC(C)(C)OC(=O)NC(=NC(=O)O)N1CCCC(c2nc(-c3ccc(OCCCc4ccccc4)c(C(F)(F)F)c3)no2)C1. The second-order valence-corrected chi connectivity index (χ2v) is 11.2. The standard InChI is InChI=1S/C30H34F3N5O6/c1-29(2,3)43-28(41)36-26(35-27(39)40)38-15-7-12-21(18-38)25-34-24(37-44-25)20-13-14-23(22(17-20)30(31,32)33)42-16-8-11-19-9-5-4-6-10-19/h4-6,9-10,13-14,17,21H,7-8,11-12,15-16,18H2,1-3H3,(H,39,40)(H,35,36,41). The number of alkyl carbamates (subject to hydrolysis) is 1. The Hall–Kier alpha value is -4.62. The maximum absolute atomic E-state index is 14.0. The summed E-state index contributed by atoms with van der Waals surface area (Å²) in [5.41, 5.74) is -0.605. The zero-order valence-electron chi connectivity index (χ0n) is 24.6. The van der Waals surface area contributed by atoms with Crippen LogP contribution < -0.4 is 10.1 Å². The van der Waals surface area contributed by atoms with Crippen LogP contribution >= 0.6 is 0 Å². The van der Waals surface area contributed by atoms with E-state index in [0.29, 0.717) is 32.2 Å². The van der Waals surface area contributed by atoms with Crippen molar-refractivity contribution < 1.29 is 41.9 Å². The number of rotatable bonds is 7. The molecule has 1 saturated heterocycles. The van der Waals surface area contributed by atoms with Gasteiger partial charge in [0.25, 0.3) is 0 Å². The fourth-order valence-electron chi connectivity index (χ4n) is 4.67. The molecule has 0 spiro atoms. The number of hydrogen-bond acceptors (Lipinski definition) is 7. The Balaban J connectivity index is 1.46. The maximum atomic E-state index is 14.0. The van der Waals surface area contributed by atoms with Gasteiger partial charge in [-0.3, -0.25) is 5.32 Å². The molecule has 3 aromatic rings. The lowest BCUT2D eigenvalue weighted by Gasteiger charge is -2.33. The number of guanidine groups is 1. The first-order valence-electron chi connectivity index (χ1n) is 14.1. The number of aromatic nitrogens is 2. The summed E-state index contributed by atoms with van der Waals surface area (Å²) in [6.07, 6.45) is -4.71. The Bertz CT molecular complexity index is 1470. The summed E-state index contributed by atoms with van der Waals surface area (Å²) < 4.78 is 58.0. The zero-order valence-corrected chi connectivity index (χ0v) is 24.6. The number of nitrogens with one attached hydrogen (secondary N) is 1. The van der Waals surface area contributed by atoms with Crippen molar-refractivity contribution >= 4 is 18.1 Å². The van der Waals surface area contributed by atoms with Gasteiger partial charge in [0.2, 0.25) is 17.7 Å². The molecule has 2 amide bonds. The number of carbonyl (C=O) groups is 2. The summed E-state index contributed by atoms with van der Waals surface area (Å²) in [6, 6.07) is 13.2. The first kappa shape index (κ1) is 32.3. The summed E-state index contributed by atoms with van der Waals surface area (Å²) in [7, 11) is 0. The smallest absolute Gasteiger partial charge is 0.434 e. The Labute approximate surface area is 252 Å². The third kappa shape index (κ3) is 9.19. The summed E-state index contributed by atoms with van der Waals surface area (Å²) in [4.78, 5) is 33.0. The van der Waals surface area contributed by atoms with Crippen molar-refractivity contribution in [2.24, 2.45) is 4.99 Å². The number of amides is 2. The number of halogens is 3. The number of benzene rings is 2. The summed E-state index contributed by atoms with van der Waals surface area (Å²) in [6.45, 7) is 5.63. The quantitative estimate of drug-likeness (QED) is 0.173. The molecular formula is C30H34F3N5O6. The summed E-state index contributed by atoms with van der Waals surface area (Å²) in [5.74, 6) is -0.788. The number of aryl methyl sites for hydroxylation is 1. The van der Waals surface area contributed by atoms with Gasteiger partial charge in [0.15, 0.2) is 0 Å². The van der Waals surface area contributed by atoms with Gasteiger partial charge in [-0.25, -0.2) is 9.59 Å². The second-order valence-electron chi connectivity index (χ2n) is 11.2. The number of alkyl halides is 3. The number of likely N-dealkylation sites (tertiary alicyclic amines) is 1. The lowest BCUT2D eigenvalue weighted by molar-refractivity contribution is -0.138. The Morgan fingerprint density at radius 1 is 1.16 bits per heavy atom. The van der Waals surface area contributed by atoms with Gasteiger partial charge in [-0.15, -0.1) is 4.99 Å². The van der Waals surface area contributed by atoms with E-state index in [4.69, 9.17) is 14.0 Å². The van der Waals surface area contributed by atoms with E-state index in [-0.39, 0.29) is 42.1 Å². The van der Waals surface area contributed by atoms with E-state index in [1.165, 1.54) is 12.1 Å². The van der Waals surface area contributed by atoms with Crippen LogP contribution in [-0.4, -0.2) is 63.6 Å². The normalized spacial score (nSPS) is 16.0. The Morgan fingerprint density at radius 2 is 1.91 bits per heavy atom. The lowest BCUT2D eigenvalue weighted by Crippen LogP contribution is -2.49. The summed E-state index contributed by atoms with van der Waals surface area (Å²) in [5, 5.41) is 15.5. The van der Waals surface area contributed by atoms with Gasteiger partial charge in [-0.2, -0.15) is 18.2 Å². The minimum Gasteiger partial charge on any atom is -0.493 e. The van der Waals surface area contributed by atoms with Crippen LogP contribution in [0.15, 0.2) is 58.0 Å². The topological polar surface area (TPSA) is 139 Å². The molecule has 14 heteroatoms. The Kier molecular flexibility index (Phi) is 10.1. The van der Waals surface area contributed by atoms with E-state index in [2.05, 4.69) is 20.4 Å². The van der Waals surface area contributed by atoms with Gasteiger partial charge < -0.3 is 24.0 Å². The van der Waals surface area contributed by atoms with Gasteiger partial charge in [-0.05, 0) is 70.2 Å². The zero-order chi connectivity index (χ0) is 31.9. The minimum atomic E-state index is -4.68. The first-order chi connectivity index (χ1) is 20.8. The molecule has 1 unspecified atom stereocenters. The highest BCUT2D eigenvalue weighted by Crippen LogP contribution is 2.39. The molecule has 2 heterocycles. The Morgan fingerprint density at radius 3 is 2.59 bits per heavy atom. The summed E-state index contributed by atoms with van der Waals surface area (Å²) >= 11 is 0. The van der Waals surface area contributed by atoms with Gasteiger partial charge in [-0.1, -0.05) is 35.5 Å². The van der Waals surface area contributed by atoms with E-state index in [0.717, 1.165) is 11.6 Å². The monoisotopic (exact) mass is 617 g/mol. The van der Waals surface area contributed by atoms with Crippen LogP contribution in [0, 0.1) is 0 Å². The number of ether oxygens (including phenoxy) is 2. The number of carbonyl (C=O) groups excluding carboxylic acids is 1. The largest absolute Gasteiger partial charge is 0.493 e. The minimum absolute atomic E-state index is 0.0374. The van der Waals surface area contributed by atoms with Crippen molar-refractivity contribution in [1.82, 2.24) is 20.4 Å². The molecule has 2 aromatic carbocycles. The van der Waals surface area contributed by atoms with Crippen LogP contribution in [0.1, 0.15) is 63.0 Å². The van der Waals surface area contributed by atoms with Gasteiger partial charge in [0.05, 0.1) is 18.1 Å². The van der Waals surface area contributed by atoms with Crippen LogP contribution in [0.3, 0.4) is 0 Å². The number of aliphatic imine (C=N–C) groups is 1. The fraction of sp³-hybridized carbons (Fsp3) is 0.433. The van der Waals surface area contributed by atoms with Gasteiger partial charge in [0.1, 0.15) is 11.4 Å². The lowest BCUT2D eigenvalue weighted by atomic mass is 9.98. The molecule has 1 aromatic heterocycles. The highest BCUT2D eigenvalue weighted by Gasteiger charge is 2.36. The van der Waals surface area contributed by atoms with Crippen LogP contribution in [0.4, 0.5) is 22.8 Å². The van der Waals surface area contributed by atoms with Crippen molar-refractivity contribution in [1.29, 1.82) is 0 Å². The van der Waals surface area contributed by atoms with E-state index in [9.17, 15) is 27.9 Å². The third-order valence-corrected chi connectivity index (χ3v) is 6.58. The van der Waals surface area contributed by atoms with Crippen LogP contribution in [0.2, 0.25) is 0 Å². The van der Waals surface area contributed by atoms with Gasteiger partial charge >= 0.3 is 18.4 Å². The van der Waals surface area contributed by atoms with Crippen molar-refractivity contribution in [3.05, 3.63) is 65.5 Å². The van der Waals surface area contributed by atoms with Crippen molar-refractivity contribution in [3.8, 4) is 17.1 Å². The van der Waals surface area contributed by atoms with Crippen molar-refractivity contribution in [3.63, 3.8) is 0 Å². The molecular weight excluding hydrogens is 583 g/mol. The fourth-order valence-corrected chi connectivity index (χ4v) is 4.67. The molecule has 11 nitrogen and oxygen atoms in total. The van der Waals surface area contributed by atoms with Gasteiger partial charge in [0, 0.05) is 18.7 Å². The predicted molar refractivity (Wildman–Crippen MR) is 153 cm³/mol. The van der Waals surface area contributed by atoms with E-state index < -0.39 is 35.4 Å². The molecule has 4 rings (SSSR count). The van der Waals surface area contributed by atoms with Crippen LogP contribution in [-0.2, 0) is 17.3 Å². The molecule has 0 aliphatic carbocycles. The molecule has 1 fully saturated rings. The van der Waals surface area contributed by atoms with Crippen LogP contribution in [0.5, 0.6) is 5.75 Å². The first-order valence-corrected chi connectivity index (χ1v) is 14.1. The molecule has 0 bridgehead atoms.